The highest BCUT2D eigenvalue weighted by Crippen LogP contribution is 2.41. The number of anilines is 1. The highest BCUT2D eigenvalue weighted by Gasteiger charge is 2.25. The molecule has 1 N–H and O–H groups in total. The smallest absolute Gasteiger partial charge is 0.305 e. The number of carbonyl (C=O) groups excluding carboxylic acids is 2. The molecule has 1 aliphatic rings. The van der Waals surface area contributed by atoms with Crippen molar-refractivity contribution in [2.75, 3.05) is 12.4 Å². The summed E-state index contributed by atoms with van der Waals surface area (Å²) >= 11 is 1.67. The van der Waals surface area contributed by atoms with Crippen molar-refractivity contribution in [1.29, 1.82) is 0 Å². The molecule has 0 amide bonds. The molecule has 0 aliphatic carbocycles. The predicted molar refractivity (Wildman–Crippen MR) is 105 cm³/mol. The van der Waals surface area contributed by atoms with Gasteiger partial charge in [-0.25, -0.2) is 0 Å². The van der Waals surface area contributed by atoms with Crippen LogP contribution in [0.1, 0.15) is 28.8 Å². The number of ether oxygens (including phenoxy) is 1. The van der Waals surface area contributed by atoms with Crippen molar-refractivity contribution in [3.05, 3.63) is 71.4 Å². The Kier molecular flexibility index (Phi) is 5.78. The van der Waals surface area contributed by atoms with Crippen molar-refractivity contribution in [3.8, 4) is 0 Å². The monoisotopic (exact) mass is 367 g/mol. The average molecular weight is 367 g/mol. The molecule has 1 heterocycles. The third-order valence-corrected chi connectivity index (χ3v) is 5.63. The predicted octanol–water partition coefficient (Wildman–Crippen LogP) is 4.60. The second-order valence-electron chi connectivity index (χ2n) is 6.17. The van der Waals surface area contributed by atoms with E-state index in [1.807, 2.05) is 55.5 Å². The Balaban J connectivity index is 1.86. The number of benzene rings is 2. The summed E-state index contributed by atoms with van der Waals surface area (Å²) in [5.74, 6) is -0.288. The molecular weight excluding hydrogens is 346 g/mol. The topological polar surface area (TPSA) is 55.4 Å². The second-order valence-corrected chi connectivity index (χ2v) is 7.42. The third-order valence-electron chi connectivity index (χ3n) is 4.24. The molecule has 0 saturated heterocycles. The van der Waals surface area contributed by atoms with Gasteiger partial charge in [-0.2, -0.15) is 0 Å². The maximum Gasteiger partial charge on any atom is 0.305 e. The summed E-state index contributed by atoms with van der Waals surface area (Å²) in [6, 6.07) is 15.5. The van der Waals surface area contributed by atoms with Gasteiger partial charge in [0.1, 0.15) is 0 Å². The van der Waals surface area contributed by atoms with Crippen molar-refractivity contribution >= 4 is 29.2 Å². The van der Waals surface area contributed by atoms with Crippen LogP contribution in [0.2, 0.25) is 0 Å². The Morgan fingerprint density at radius 1 is 1.15 bits per heavy atom. The van der Waals surface area contributed by atoms with Gasteiger partial charge in [-0.15, -0.1) is 11.8 Å². The molecular formula is C21H21NO3S. The van der Waals surface area contributed by atoms with E-state index in [1.54, 1.807) is 17.8 Å². The molecule has 2 aromatic rings. The van der Waals surface area contributed by atoms with E-state index in [9.17, 15) is 9.59 Å². The maximum absolute atomic E-state index is 12.7. The largest absolute Gasteiger partial charge is 0.469 e. The zero-order valence-corrected chi connectivity index (χ0v) is 15.6. The standard InChI is InChI=1S/C21H21NO3S/c1-14-7-9-15(10-8-14)18(23)13-17-20(11-12-21(24)25-2)26-19-6-4-3-5-16(19)22-17/h3-10,13,20,22H,11-12H2,1-2H3/b17-13-. The summed E-state index contributed by atoms with van der Waals surface area (Å²) in [4.78, 5) is 25.3. The van der Waals surface area contributed by atoms with Gasteiger partial charge in [-0.3, -0.25) is 9.59 Å². The molecule has 0 fully saturated rings. The van der Waals surface area contributed by atoms with E-state index in [0.29, 0.717) is 18.4 Å². The van der Waals surface area contributed by atoms with Gasteiger partial charge < -0.3 is 10.1 Å². The van der Waals surface area contributed by atoms with E-state index < -0.39 is 0 Å². The van der Waals surface area contributed by atoms with Crippen LogP contribution < -0.4 is 5.32 Å². The first-order valence-corrected chi connectivity index (χ1v) is 9.37. The number of hydrogen-bond acceptors (Lipinski definition) is 5. The minimum absolute atomic E-state index is 0.00148. The van der Waals surface area contributed by atoms with Crippen molar-refractivity contribution in [2.24, 2.45) is 0 Å². The molecule has 0 saturated carbocycles. The highest BCUT2D eigenvalue weighted by atomic mass is 32.2. The third kappa shape index (κ3) is 4.35. The van der Waals surface area contributed by atoms with Crippen LogP contribution in [0.5, 0.6) is 0 Å². The summed E-state index contributed by atoms with van der Waals surface area (Å²) in [7, 11) is 1.39. The molecule has 1 atom stereocenters. The molecule has 4 nitrogen and oxygen atoms in total. The van der Waals surface area contributed by atoms with Crippen LogP contribution >= 0.6 is 11.8 Å². The molecule has 0 radical (unpaired) electrons. The number of ketones is 1. The van der Waals surface area contributed by atoms with Crippen LogP contribution in [0, 0.1) is 6.92 Å². The molecule has 2 aromatic carbocycles. The summed E-state index contributed by atoms with van der Waals surface area (Å²) in [5.41, 5.74) is 3.57. The quantitative estimate of drug-likeness (QED) is 0.475. The normalized spacial score (nSPS) is 17.3. The Labute approximate surface area is 157 Å². The van der Waals surface area contributed by atoms with E-state index in [4.69, 9.17) is 4.74 Å². The number of fused-ring (bicyclic) bond motifs is 1. The van der Waals surface area contributed by atoms with Crippen LogP contribution in [-0.2, 0) is 9.53 Å². The lowest BCUT2D eigenvalue weighted by Gasteiger charge is -2.28. The first-order chi connectivity index (χ1) is 12.6. The van der Waals surface area contributed by atoms with Crippen LogP contribution in [0.15, 0.2) is 65.2 Å². The Morgan fingerprint density at radius 3 is 2.62 bits per heavy atom. The van der Waals surface area contributed by atoms with Gasteiger partial charge in [0.25, 0.3) is 0 Å². The molecule has 5 heteroatoms. The Morgan fingerprint density at radius 2 is 1.88 bits per heavy atom. The zero-order valence-electron chi connectivity index (χ0n) is 14.8. The first kappa shape index (κ1) is 18.3. The van der Waals surface area contributed by atoms with Crippen LogP contribution in [0.25, 0.3) is 0 Å². The lowest BCUT2D eigenvalue weighted by molar-refractivity contribution is -0.140. The van der Waals surface area contributed by atoms with Gasteiger partial charge in [0.2, 0.25) is 0 Å². The number of aryl methyl sites for hydroxylation is 1. The molecule has 1 unspecified atom stereocenters. The Hall–Kier alpha value is -2.53. The number of nitrogens with one attached hydrogen (secondary N) is 1. The minimum atomic E-state index is -0.242. The number of esters is 1. The summed E-state index contributed by atoms with van der Waals surface area (Å²) < 4.78 is 4.75. The number of carbonyl (C=O) groups is 2. The SMILES string of the molecule is COC(=O)CCC1Sc2ccccc2N/C1=C\C(=O)c1ccc(C)cc1. The molecule has 0 aromatic heterocycles. The van der Waals surface area contributed by atoms with Gasteiger partial charge >= 0.3 is 5.97 Å². The van der Waals surface area contributed by atoms with E-state index in [-0.39, 0.29) is 17.0 Å². The molecule has 0 spiro atoms. The molecule has 134 valence electrons. The second kappa shape index (κ2) is 8.23. The molecule has 1 aliphatic heterocycles. The first-order valence-electron chi connectivity index (χ1n) is 8.49. The summed E-state index contributed by atoms with van der Waals surface area (Å²) in [6.07, 6.45) is 2.56. The van der Waals surface area contributed by atoms with Gasteiger partial charge in [-0.1, -0.05) is 42.0 Å². The van der Waals surface area contributed by atoms with Gasteiger partial charge in [-0.05, 0) is 25.5 Å². The fraction of sp³-hybridized carbons (Fsp3) is 0.238. The lowest BCUT2D eigenvalue weighted by Crippen LogP contribution is -2.21. The minimum Gasteiger partial charge on any atom is -0.469 e. The summed E-state index contributed by atoms with van der Waals surface area (Å²) in [5, 5.41) is 3.37. The van der Waals surface area contributed by atoms with Gasteiger partial charge in [0.05, 0.1) is 18.0 Å². The molecule has 3 rings (SSSR count). The van der Waals surface area contributed by atoms with Crippen molar-refractivity contribution in [3.63, 3.8) is 0 Å². The average Bonchev–Trinajstić information content (AvgIpc) is 2.66. The zero-order chi connectivity index (χ0) is 18.5. The van der Waals surface area contributed by atoms with Crippen molar-refractivity contribution in [1.82, 2.24) is 0 Å². The molecule has 26 heavy (non-hydrogen) atoms. The van der Waals surface area contributed by atoms with Crippen LogP contribution in [0.4, 0.5) is 5.69 Å². The number of rotatable bonds is 5. The van der Waals surface area contributed by atoms with E-state index in [0.717, 1.165) is 21.8 Å². The highest BCUT2D eigenvalue weighted by molar-refractivity contribution is 8.00. The van der Waals surface area contributed by atoms with E-state index in [1.165, 1.54) is 7.11 Å². The van der Waals surface area contributed by atoms with Crippen LogP contribution in [-0.4, -0.2) is 24.1 Å². The Bertz CT molecular complexity index is 843. The molecule has 0 bridgehead atoms. The van der Waals surface area contributed by atoms with Gasteiger partial charge in [0.15, 0.2) is 5.78 Å². The number of thioether (sulfide) groups is 1. The maximum atomic E-state index is 12.7. The van der Waals surface area contributed by atoms with E-state index in [2.05, 4.69) is 5.32 Å². The summed E-state index contributed by atoms with van der Waals surface area (Å²) in [6.45, 7) is 1.99. The number of hydrogen-bond donors (Lipinski definition) is 1. The van der Waals surface area contributed by atoms with Gasteiger partial charge in [0, 0.05) is 28.7 Å². The van der Waals surface area contributed by atoms with E-state index >= 15 is 0 Å². The number of methoxy groups -OCH3 is 1. The number of allylic oxidation sites excluding steroid dienone is 1. The lowest BCUT2D eigenvalue weighted by atomic mass is 10.1. The number of para-hydroxylation sites is 1. The fourth-order valence-electron chi connectivity index (χ4n) is 2.76. The van der Waals surface area contributed by atoms with Crippen molar-refractivity contribution in [2.45, 2.75) is 29.9 Å². The fourth-order valence-corrected chi connectivity index (χ4v) is 3.96. The van der Waals surface area contributed by atoms with Crippen LogP contribution in [0.3, 0.4) is 0 Å². The van der Waals surface area contributed by atoms with Crippen molar-refractivity contribution < 1.29 is 14.3 Å².